The van der Waals surface area contributed by atoms with Crippen LogP contribution in [0.1, 0.15) is 22.8 Å². The molecular weight excluding hydrogens is 373 g/mol. The van der Waals surface area contributed by atoms with E-state index in [2.05, 4.69) is 15.9 Å². The maximum Gasteiger partial charge on any atom is 0.255 e. The Morgan fingerprint density at radius 2 is 1.86 bits per heavy atom. The maximum atomic E-state index is 12.6. The molecule has 0 unspecified atom stereocenters. The highest BCUT2D eigenvalue weighted by atomic mass is 79.9. The molecule has 0 N–H and O–H groups in total. The van der Waals surface area contributed by atoms with Gasteiger partial charge in [-0.15, -0.1) is 0 Å². The fourth-order valence-electron chi connectivity index (χ4n) is 1.99. The van der Waals surface area contributed by atoms with Crippen LogP contribution in [0.15, 0.2) is 46.9 Å². The van der Waals surface area contributed by atoms with Crippen molar-refractivity contribution >= 4 is 45.0 Å². The Labute approximate surface area is 142 Å². The third-order valence-electron chi connectivity index (χ3n) is 3.15. The summed E-state index contributed by atoms with van der Waals surface area (Å²) in [5.74, 6) is -0.108. The van der Waals surface area contributed by atoms with Gasteiger partial charge >= 0.3 is 0 Å². The monoisotopic (exact) mass is 385 g/mol. The molecule has 0 aliphatic rings. The number of hydrogen-bond donors (Lipinski definition) is 0. The molecule has 0 saturated heterocycles. The lowest BCUT2D eigenvalue weighted by Gasteiger charge is -2.22. The van der Waals surface area contributed by atoms with Crippen molar-refractivity contribution in [1.82, 2.24) is 4.90 Å². The first kappa shape index (κ1) is 16.3. The topological polar surface area (TPSA) is 20.3 Å². The van der Waals surface area contributed by atoms with Gasteiger partial charge in [-0.25, -0.2) is 0 Å². The average Bonchev–Trinajstić information content (AvgIpc) is 2.48. The molecule has 21 heavy (non-hydrogen) atoms. The summed E-state index contributed by atoms with van der Waals surface area (Å²) in [6.07, 6.45) is 0. The number of hydrogen-bond acceptors (Lipinski definition) is 1. The van der Waals surface area contributed by atoms with E-state index < -0.39 is 0 Å². The van der Waals surface area contributed by atoms with Gasteiger partial charge in [-0.1, -0.05) is 57.3 Å². The van der Waals surface area contributed by atoms with Crippen molar-refractivity contribution in [1.29, 1.82) is 0 Å². The molecule has 110 valence electrons. The smallest absolute Gasteiger partial charge is 0.255 e. The summed E-state index contributed by atoms with van der Waals surface area (Å²) in [5, 5.41) is 1.10. The van der Waals surface area contributed by atoms with E-state index in [1.54, 1.807) is 17.0 Å². The quantitative estimate of drug-likeness (QED) is 0.687. The summed E-state index contributed by atoms with van der Waals surface area (Å²) in [6, 6.07) is 12.8. The van der Waals surface area contributed by atoms with Crippen molar-refractivity contribution in [2.24, 2.45) is 0 Å². The number of rotatable bonds is 4. The molecule has 0 atom stereocenters. The third kappa shape index (κ3) is 4.00. The lowest BCUT2D eigenvalue weighted by Crippen LogP contribution is -2.30. The van der Waals surface area contributed by atoms with Gasteiger partial charge in [-0.3, -0.25) is 4.79 Å². The van der Waals surface area contributed by atoms with Crippen LogP contribution < -0.4 is 0 Å². The fourth-order valence-corrected chi connectivity index (χ4v) is 2.75. The van der Waals surface area contributed by atoms with Crippen LogP contribution in [0, 0.1) is 0 Å². The summed E-state index contributed by atoms with van der Waals surface area (Å²) in [7, 11) is 0. The minimum absolute atomic E-state index is 0.108. The fraction of sp³-hybridized carbons (Fsp3) is 0.188. The van der Waals surface area contributed by atoms with Crippen LogP contribution in [0.2, 0.25) is 10.0 Å². The van der Waals surface area contributed by atoms with Crippen LogP contribution >= 0.6 is 39.1 Å². The summed E-state index contributed by atoms with van der Waals surface area (Å²) in [4.78, 5) is 14.4. The van der Waals surface area contributed by atoms with E-state index in [0.29, 0.717) is 28.7 Å². The number of nitrogens with zero attached hydrogens (tertiary/aromatic N) is 1. The predicted octanol–water partition coefficient (Wildman–Crippen LogP) is 5.42. The molecule has 2 rings (SSSR count). The maximum absolute atomic E-state index is 12.6. The van der Waals surface area contributed by atoms with E-state index in [9.17, 15) is 4.79 Å². The molecule has 2 aromatic rings. The van der Waals surface area contributed by atoms with Crippen LogP contribution in [-0.2, 0) is 6.54 Å². The zero-order valence-electron chi connectivity index (χ0n) is 11.4. The van der Waals surface area contributed by atoms with Crippen LogP contribution in [0.25, 0.3) is 0 Å². The highest BCUT2D eigenvalue weighted by Crippen LogP contribution is 2.24. The number of carbonyl (C=O) groups is 1. The number of benzene rings is 2. The van der Waals surface area contributed by atoms with Gasteiger partial charge in [0.25, 0.3) is 5.91 Å². The molecule has 0 fully saturated rings. The Morgan fingerprint density at radius 3 is 2.52 bits per heavy atom. The standard InChI is InChI=1S/C16H14BrCl2NO/c1-2-20(10-11-5-3-4-6-14(11)18)16(21)13-9-12(17)7-8-15(13)19/h3-9H,2,10H2,1H3. The van der Waals surface area contributed by atoms with Crippen LogP contribution in [-0.4, -0.2) is 17.4 Å². The second-order valence-electron chi connectivity index (χ2n) is 4.53. The molecule has 2 nitrogen and oxygen atoms in total. The molecule has 0 heterocycles. The Morgan fingerprint density at radius 1 is 1.14 bits per heavy atom. The molecule has 0 aliphatic heterocycles. The van der Waals surface area contributed by atoms with Crippen LogP contribution in [0.5, 0.6) is 0 Å². The Hall–Kier alpha value is -1.03. The molecule has 0 spiro atoms. The molecule has 0 aromatic heterocycles. The molecular formula is C16H14BrCl2NO. The van der Waals surface area contributed by atoms with Crippen LogP contribution in [0.4, 0.5) is 0 Å². The van der Waals surface area contributed by atoms with Crippen molar-refractivity contribution in [3.63, 3.8) is 0 Å². The Bertz CT molecular complexity index is 660. The second kappa shape index (κ2) is 7.30. The normalized spacial score (nSPS) is 10.5. The summed E-state index contributed by atoms with van der Waals surface area (Å²) in [5.41, 5.74) is 1.40. The highest BCUT2D eigenvalue weighted by molar-refractivity contribution is 9.10. The zero-order chi connectivity index (χ0) is 15.4. The predicted molar refractivity (Wildman–Crippen MR) is 91.0 cm³/mol. The molecule has 2 aromatic carbocycles. The first-order chi connectivity index (χ1) is 10.0. The molecule has 0 radical (unpaired) electrons. The van der Waals surface area contributed by atoms with Crippen molar-refractivity contribution in [3.8, 4) is 0 Å². The van der Waals surface area contributed by atoms with E-state index >= 15 is 0 Å². The SMILES string of the molecule is CCN(Cc1ccccc1Cl)C(=O)c1cc(Br)ccc1Cl. The largest absolute Gasteiger partial charge is 0.334 e. The van der Waals surface area contributed by atoms with Gasteiger partial charge in [0, 0.05) is 22.6 Å². The van der Waals surface area contributed by atoms with Crippen LogP contribution in [0.3, 0.4) is 0 Å². The highest BCUT2D eigenvalue weighted by Gasteiger charge is 2.18. The van der Waals surface area contributed by atoms with Crippen molar-refractivity contribution in [2.45, 2.75) is 13.5 Å². The van der Waals surface area contributed by atoms with E-state index in [4.69, 9.17) is 23.2 Å². The van der Waals surface area contributed by atoms with Gasteiger partial charge in [0.2, 0.25) is 0 Å². The van der Waals surface area contributed by atoms with E-state index in [0.717, 1.165) is 10.0 Å². The summed E-state index contributed by atoms with van der Waals surface area (Å²) in [6.45, 7) is 2.96. The average molecular weight is 387 g/mol. The minimum atomic E-state index is -0.108. The first-order valence-electron chi connectivity index (χ1n) is 6.50. The first-order valence-corrected chi connectivity index (χ1v) is 8.05. The zero-order valence-corrected chi connectivity index (χ0v) is 14.5. The molecule has 0 bridgehead atoms. The minimum Gasteiger partial charge on any atom is -0.334 e. The lowest BCUT2D eigenvalue weighted by atomic mass is 10.1. The molecule has 0 saturated carbocycles. The lowest BCUT2D eigenvalue weighted by molar-refractivity contribution is 0.0753. The second-order valence-corrected chi connectivity index (χ2v) is 6.26. The van der Waals surface area contributed by atoms with Gasteiger partial charge < -0.3 is 4.90 Å². The number of carbonyl (C=O) groups excluding carboxylic acids is 1. The Kier molecular flexibility index (Phi) is 5.68. The van der Waals surface area contributed by atoms with Gasteiger partial charge in [0.1, 0.15) is 0 Å². The van der Waals surface area contributed by atoms with Gasteiger partial charge in [0.05, 0.1) is 10.6 Å². The van der Waals surface area contributed by atoms with Gasteiger partial charge in [0.15, 0.2) is 0 Å². The third-order valence-corrected chi connectivity index (χ3v) is 4.34. The van der Waals surface area contributed by atoms with Gasteiger partial charge in [-0.2, -0.15) is 0 Å². The molecule has 1 amide bonds. The van der Waals surface area contributed by atoms with E-state index in [-0.39, 0.29) is 5.91 Å². The summed E-state index contributed by atoms with van der Waals surface area (Å²) < 4.78 is 0.823. The number of amides is 1. The van der Waals surface area contributed by atoms with Crippen molar-refractivity contribution in [2.75, 3.05) is 6.54 Å². The summed E-state index contributed by atoms with van der Waals surface area (Å²) >= 11 is 15.7. The number of halogens is 3. The van der Waals surface area contributed by atoms with E-state index in [1.807, 2.05) is 37.3 Å². The Balaban J connectivity index is 2.27. The van der Waals surface area contributed by atoms with Gasteiger partial charge in [-0.05, 0) is 36.8 Å². The van der Waals surface area contributed by atoms with Crippen molar-refractivity contribution in [3.05, 3.63) is 68.1 Å². The molecule has 0 aliphatic carbocycles. The van der Waals surface area contributed by atoms with Crippen molar-refractivity contribution < 1.29 is 4.79 Å². The van der Waals surface area contributed by atoms with E-state index in [1.165, 1.54) is 0 Å². The molecule has 5 heteroatoms.